The normalized spacial score (nSPS) is 17.6. The molecule has 1 aliphatic rings. The maximum atomic E-state index is 5.48. The number of furan rings is 1. The van der Waals surface area contributed by atoms with E-state index >= 15 is 0 Å². The van der Waals surface area contributed by atoms with E-state index in [1.54, 1.807) is 6.26 Å². The zero-order chi connectivity index (χ0) is 20.4. The Balaban J connectivity index is 1.33. The molecule has 1 aromatic heterocycles. The molecule has 3 aromatic carbocycles. The first-order valence-corrected chi connectivity index (χ1v) is 11.0. The predicted octanol–water partition coefficient (Wildman–Crippen LogP) is 6.30. The van der Waals surface area contributed by atoms with Crippen molar-refractivity contribution in [2.45, 2.75) is 25.2 Å². The fourth-order valence-corrected chi connectivity index (χ4v) is 5.17. The summed E-state index contributed by atoms with van der Waals surface area (Å²) < 4.78 is 5.48. The number of benzene rings is 3. The van der Waals surface area contributed by atoms with Gasteiger partial charge in [-0.2, -0.15) is 0 Å². The molecule has 2 nitrogen and oxygen atoms in total. The third kappa shape index (κ3) is 3.57. The van der Waals surface area contributed by atoms with Crippen LogP contribution in [0.25, 0.3) is 11.0 Å². The molecule has 1 atom stereocenters. The van der Waals surface area contributed by atoms with Gasteiger partial charge in [-0.05, 0) is 60.2 Å². The number of rotatable bonds is 6. The fraction of sp³-hybridized carbons (Fsp3) is 0.286. The minimum Gasteiger partial charge on any atom is -0.464 e. The number of likely N-dealkylation sites (tertiary alicyclic amines) is 1. The third-order valence-electron chi connectivity index (χ3n) is 7.07. The minimum atomic E-state index is 0.0347. The topological polar surface area (TPSA) is 16.4 Å². The van der Waals surface area contributed by atoms with Crippen molar-refractivity contribution in [2.24, 2.45) is 5.92 Å². The Morgan fingerprint density at radius 3 is 2.30 bits per heavy atom. The summed E-state index contributed by atoms with van der Waals surface area (Å²) in [6.45, 7) is 5.88. The van der Waals surface area contributed by atoms with Gasteiger partial charge in [0.15, 0.2) is 0 Å². The summed E-state index contributed by atoms with van der Waals surface area (Å²) >= 11 is 0. The summed E-state index contributed by atoms with van der Waals surface area (Å²) in [5.74, 6) is 0.610. The van der Waals surface area contributed by atoms with E-state index in [0.717, 1.165) is 25.1 Å². The van der Waals surface area contributed by atoms with Crippen LogP contribution >= 0.6 is 0 Å². The Morgan fingerprint density at radius 2 is 1.60 bits per heavy atom. The average molecular weight is 396 g/mol. The van der Waals surface area contributed by atoms with Crippen molar-refractivity contribution >= 4 is 11.0 Å². The van der Waals surface area contributed by atoms with Gasteiger partial charge in [-0.25, -0.2) is 0 Å². The largest absolute Gasteiger partial charge is 0.464 e. The zero-order valence-corrected chi connectivity index (χ0v) is 17.6. The van der Waals surface area contributed by atoms with Gasteiger partial charge >= 0.3 is 0 Å². The molecular weight excluding hydrogens is 366 g/mol. The van der Waals surface area contributed by atoms with Crippen molar-refractivity contribution in [1.29, 1.82) is 0 Å². The molecule has 1 saturated heterocycles. The lowest BCUT2D eigenvalue weighted by atomic mass is 9.67. The van der Waals surface area contributed by atoms with Gasteiger partial charge in [-0.1, -0.05) is 73.7 Å². The van der Waals surface area contributed by atoms with Crippen LogP contribution in [0.4, 0.5) is 0 Å². The minimum absolute atomic E-state index is 0.0347. The summed E-state index contributed by atoms with van der Waals surface area (Å²) in [5.41, 5.74) is 5.25. The van der Waals surface area contributed by atoms with Gasteiger partial charge in [0.1, 0.15) is 5.58 Å². The molecule has 0 bridgehead atoms. The number of hydrogen-bond acceptors (Lipinski definition) is 2. The molecule has 1 fully saturated rings. The van der Waals surface area contributed by atoms with E-state index in [-0.39, 0.29) is 5.41 Å². The quantitative estimate of drug-likeness (QED) is 0.381. The molecular formula is C28H29NO. The summed E-state index contributed by atoms with van der Waals surface area (Å²) in [4.78, 5) is 2.65. The van der Waals surface area contributed by atoms with Crippen molar-refractivity contribution in [1.82, 2.24) is 4.90 Å². The van der Waals surface area contributed by atoms with Crippen molar-refractivity contribution < 1.29 is 4.42 Å². The molecule has 0 amide bonds. The van der Waals surface area contributed by atoms with E-state index in [0.29, 0.717) is 5.92 Å². The first kappa shape index (κ1) is 19.1. The van der Waals surface area contributed by atoms with Crippen LogP contribution in [0.5, 0.6) is 0 Å². The Hall–Kier alpha value is -2.84. The van der Waals surface area contributed by atoms with Gasteiger partial charge in [0, 0.05) is 23.9 Å². The molecule has 0 radical (unpaired) electrons. The molecule has 2 heterocycles. The van der Waals surface area contributed by atoms with Gasteiger partial charge in [-0.3, -0.25) is 0 Å². The SMILES string of the molecule is CC(c1ccccc1)(c1ccccc1)[C@@H]1CCN(CCc2ccc3occc3c2)C1. The summed E-state index contributed by atoms with van der Waals surface area (Å²) in [6, 6.07) is 30.8. The Bertz CT molecular complexity index is 1060. The smallest absolute Gasteiger partial charge is 0.133 e. The number of fused-ring (bicyclic) bond motifs is 1. The Kier molecular flexibility index (Phi) is 5.18. The summed E-state index contributed by atoms with van der Waals surface area (Å²) in [5, 5.41) is 1.20. The molecule has 0 aliphatic carbocycles. The van der Waals surface area contributed by atoms with Crippen LogP contribution < -0.4 is 0 Å². The highest BCUT2D eigenvalue weighted by Gasteiger charge is 2.40. The molecule has 0 saturated carbocycles. The standard InChI is InChI=1S/C28H29NO/c1-28(24-8-4-2-5-9-24,25-10-6-3-7-11-25)26-15-18-29(21-26)17-14-22-12-13-27-23(20-22)16-19-30-27/h2-13,16,19-20,26H,14-15,17-18,21H2,1H3/t26-/m1/s1. The van der Waals surface area contributed by atoms with Crippen molar-refractivity contribution in [3.8, 4) is 0 Å². The molecule has 1 aliphatic heterocycles. The van der Waals surface area contributed by atoms with Crippen LogP contribution in [-0.4, -0.2) is 24.5 Å². The number of hydrogen-bond donors (Lipinski definition) is 0. The van der Waals surface area contributed by atoms with Gasteiger partial charge in [0.25, 0.3) is 0 Å². The molecule has 30 heavy (non-hydrogen) atoms. The molecule has 0 N–H and O–H groups in total. The highest BCUT2D eigenvalue weighted by molar-refractivity contribution is 5.77. The predicted molar refractivity (Wildman–Crippen MR) is 124 cm³/mol. The molecule has 5 rings (SSSR count). The summed E-state index contributed by atoms with van der Waals surface area (Å²) in [7, 11) is 0. The fourth-order valence-electron chi connectivity index (χ4n) is 5.17. The van der Waals surface area contributed by atoms with E-state index in [1.165, 1.54) is 35.0 Å². The summed E-state index contributed by atoms with van der Waals surface area (Å²) in [6.07, 6.45) is 4.09. The van der Waals surface area contributed by atoms with Gasteiger partial charge in [0.2, 0.25) is 0 Å². The maximum Gasteiger partial charge on any atom is 0.133 e. The Labute approximate surface area is 179 Å². The van der Waals surface area contributed by atoms with Crippen LogP contribution in [-0.2, 0) is 11.8 Å². The van der Waals surface area contributed by atoms with E-state index < -0.39 is 0 Å². The highest BCUT2D eigenvalue weighted by atomic mass is 16.3. The maximum absolute atomic E-state index is 5.48. The van der Waals surface area contributed by atoms with Crippen molar-refractivity contribution in [3.63, 3.8) is 0 Å². The van der Waals surface area contributed by atoms with Crippen molar-refractivity contribution in [2.75, 3.05) is 19.6 Å². The van der Waals surface area contributed by atoms with E-state index in [1.807, 2.05) is 0 Å². The lowest BCUT2D eigenvalue weighted by Crippen LogP contribution is -2.36. The van der Waals surface area contributed by atoms with Crippen LogP contribution in [0.1, 0.15) is 30.0 Å². The zero-order valence-electron chi connectivity index (χ0n) is 17.6. The molecule has 152 valence electrons. The first-order valence-electron chi connectivity index (χ1n) is 11.0. The van der Waals surface area contributed by atoms with E-state index in [2.05, 4.69) is 96.8 Å². The lowest BCUT2D eigenvalue weighted by molar-refractivity contribution is 0.293. The molecule has 4 aromatic rings. The Morgan fingerprint density at radius 1 is 0.900 bits per heavy atom. The van der Waals surface area contributed by atoms with Gasteiger partial charge in [0.05, 0.1) is 6.26 Å². The van der Waals surface area contributed by atoms with Crippen molar-refractivity contribution in [3.05, 3.63) is 108 Å². The second-order valence-corrected chi connectivity index (χ2v) is 8.76. The molecule has 0 spiro atoms. The second-order valence-electron chi connectivity index (χ2n) is 8.76. The van der Waals surface area contributed by atoms with Crippen LogP contribution in [0, 0.1) is 5.92 Å². The highest BCUT2D eigenvalue weighted by Crippen LogP contribution is 2.43. The third-order valence-corrected chi connectivity index (χ3v) is 7.07. The number of nitrogens with zero attached hydrogens (tertiary/aromatic N) is 1. The van der Waals surface area contributed by atoms with Crippen LogP contribution in [0.3, 0.4) is 0 Å². The average Bonchev–Trinajstić information content (AvgIpc) is 3.48. The first-order chi connectivity index (χ1) is 14.7. The van der Waals surface area contributed by atoms with E-state index in [9.17, 15) is 0 Å². The second kappa shape index (κ2) is 8.12. The van der Waals surface area contributed by atoms with E-state index in [4.69, 9.17) is 4.42 Å². The van der Waals surface area contributed by atoms with Crippen LogP contribution in [0.2, 0.25) is 0 Å². The van der Waals surface area contributed by atoms with Gasteiger partial charge < -0.3 is 9.32 Å². The molecule has 2 heteroatoms. The molecule has 0 unspecified atom stereocenters. The van der Waals surface area contributed by atoms with Gasteiger partial charge in [-0.15, -0.1) is 0 Å². The van der Waals surface area contributed by atoms with Crippen LogP contribution in [0.15, 0.2) is 95.6 Å². The lowest BCUT2D eigenvalue weighted by Gasteiger charge is -2.37. The monoisotopic (exact) mass is 395 g/mol.